The molecule has 0 saturated carbocycles. The summed E-state index contributed by atoms with van der Waals surface area (Å²) >= 11 is 1.69. The van der Waals surface area contributed by atoms with Crippen molar-refractivity contribution < 1.29 is 13.2 Å². The topological polar surface area (TPSA) is 53.1 Å². The molecular formula is C24H33N3O3S2. The van der Waals surface area contributed by atoms with E-state index in [1.165, 1.54) is 17.3 Å². The molecule has 4 rings (SSSR count). The molecule has 2 aromatic rings. The van der Waals surface area contributed by atoms with Gasteiger partial charge in [-0.05, 0) is 64.2 Å². The molecule has 2 aliphatic rings. The molecule has 2 aliphatic heterocycles. The van der Waals surface area contributed by atoms with Crippen molar-refractivity contribution in [1.82, 2.24) is 9.80 Å². The summed E-state index contributed by atoms with van der Waals surface area (Å²) in [6.45, 7) is 8.62. The van der Waals surface area contributed by atoms with Crippen molar-refractivity contribution in [1.29, 1.82) is 0 Å². The highest BCUT2D eigenvalue weighted by Gasteiger charge is 2.29. The normalized spacial score (nSPS) is 18.2. The molecule has 0 spiro atoms. The van der Waals surface area contributed by atoms with Crippen LogP contribution in [0, 0.1) is 6.92 Å². The average Bonchev–Trinajstić information content (AvgIpc) is 3.00. The third-order valence-corrected chi connectivity index (χ3v) is 8.93. The summed E-state index contributed by atoms with van der Waals surface area (Å²) in [5, 5.41) is 0. The number of benzene rings is 2. The second-order valence-electron chi connectivity index (χ2n) is 8.57. The molecule has 8 heteroatoms. The maximum Gasteiger partial charge on any atom is 0.264 e. The number of rotatable bonds is 7. The Balaban J connectivity index is 1.41. The van der Waals surface area contributed by atoms with E-state index >= 15 is 0 Å². The Kier molecular flexibility index (Phi) is 7.66. The Morgan fingerprint density at radius 1 is 1.00 bits per heavy atom. The van der Waals surface area contributed by atoms with Crippen molar-refractivity contribution in [3.8, 4) is 5.75 Å². The molecule has 1 saturated heterocycles. The van der Waals surface area contributed by atoms with Crippen molar-refractivity contribution >= 4 is 27.5 Å². The first kappa shape index (κ1) is 23.4. The van der Waals surface area contributed by atoms with E-state index < -0.39 is 10.0 Å². The Hall–Kier alpha value is -1.74. The summed E-state index contributed by atoms with van der Waals surface area (Å²) in [5.41, 5.74) is 1.76. The molecule has 0 bridgehead atoms. The molecular weight excluding hydrogens is 442 g/mol. The highest BCUT2D eigenvalue weighted by atomic mass is 32.2. The fraction of sp³-hybridized carbons (Fsp3) is 0.500. The van der Waals surface area contributed by atoms with Crippen LogP contribution in [0.1, 0.15) is 18.4 Å². The number of hydrogen-bond donors (Lipinski definition) is 0. The first-order chi connectivity index (χ1) is 15.4. The second-order valence-corrected chi connectivity index (χ2v) is 11.6. The molecule has 2 heterocycles. The van der Waals surface area contributed by atoms with E-state index in [4.69, 9.17) is 4.74 Å². The van der Waals surface area contributed by atoms with Crippen LogP contribution < -0.4 is 9.04 Å². The SMILES string of the molecule is Cc1ccc(S(=O)(=O)N2CCSc3ccc(OCCCN4CCCN(C)CC4)cc32)cc1. The summed E-state index contributed by atoms with van der Waals surface area (Å²) in [5.74, 6) is 1.47. The number of thioether (sulfide) groups is 1. The Labute approximate surface area is 196 Å². The molecule has 0 aliphatic carbocycles. The zero-order valence-electron chi connectivity index (χ0n) is 19.0. The van der Waals surface area contributed by atoms with E-state index in [0.717, 1.165) is 60.2 Å². The van der Waals surface area contributed by atoms with Gasteiger partial charge in [0.2, 0.25) is 0 Å². The zero-order chi connectivity index (χ0) is 22.6. The fourth-order valence-electron chi connectivity index (χ4n) is 4.15. The highest BCUT2D eigenvalue weighted by Crippen LogP contribution is 2.40. The number of anilines is 1. The number of sulfonamides is 1. The molecule has 32 heavy (non-hydrogen) atoms. The summed E-state index contributed by atoms with van der Waals surface area (Å²) < 4.78 is 34.2. The van der Waals surface area contributed by atoms with Crippen LogP contribution in [-0.4, -0.2) is 76.9 Å². The second kappa shape index (κ2) is 10.5. The number of fused-ring (bicyclic) bond motifs is 1. The lowest BCUT2D eigenvalue weighted by Gasteiger charge is -2.30. The minimum Gasteiger partial charge on any atom is -0.493 e. The first-order valence-electron chi connectivity index (χ1n) is 11.3. The van der Waals surface area contributed by atoms with E-state index in [2.05, 4.69) is 16.8 Å². The van der Waals surface area contributed by atoms with Gasteiger partial charge in [0.25, 0.3) is 10.0 Å². The molecule has 6 nitrogen and oxygen atoms in total. The lowest BCUT2D eigenvalue weighted by Crippen LogP contribution is -2.35. The standard InChI is InChI=1S/C24H33N3O3S2/c1-20-5-8-22(9-6-20)32(28,29)27-16-18-31-24-10-7-21(19-23(24)27)30-17-4-13-26-12-3-11-25(2)14-15-26/h5-10,19H,3-4,11-18H2,1-2H3. The minimum atomic E-state index is -3.60. The highest BCUT2D eigenvalue weighted by molar-refractivity contribution is 8.00. The van der Waals surface area contributed by atoms with Crippen molar-refractivity contribution in [3.63, 3.8) is 0 Å². The molecule has 0 amide bonds. The molecule has 0 unspecified atom stereocenters. The summed E-state index contributed by atoms with van der Waals surface area (Å²) in [4.78, 5) is 6.20. The van der Waals surface area contributed by atoms with Crippen molar-refractivity contribution in [2.45, 2.75) is 29.6 Å². The van der Waals surface area contributed by atoms with Crippen LogP contribution >= 0.6 is 11.8 Å². The largest absolute Gasteiger partial charge is 0.493 e. The molecule has 0 atom stereocenters. The van der Waals surface area contributed by atoms with Gasteiger partial charge in [0.05, 0.1) is 17.2 Å². The average molecular weight is 476 g/mol. The van der Waals surface area contributed by atoms with Crippen LogP contribution in [0.3, 0.4) is 0 Å². The smallest absolute Gasteiger partial charge is 0.264 e. The van der Waals surface area contributed by atoms with Crippen molar-refractivity contribution in [3.05, 3.63) is 48.0 Å². The van der Waals surface area contributed by atoms with Crippen molar-refractivity contribution in [2.75, 3.05) is 63.0 Å². The predicted molar refractivity (Wildman–Crippen MR) is 132 cm³/mol. The maximum absolute atomic E-state index is 13.3. The Morgan fingerprint density at radius 2 is 1.81 bits per heavy atom. The minimum absolute atomic E-state index is 0.329. The van der Waals surface area contributed by atoms with Gasteiger partial charge < -0.3 is 14.5 Å². The van der Waals surface area contributed by atoms with Gasteiger partial charge in [-0.1, -0.05) is 17.7 Å². The van der Waals surface area contributed by atoms with Crippen LogP contribution in [0.15, 0.2) is 52.3 Å². The van der Waals surface area contributed by atoms with E-state index in [0.29, 0.717) is 18.0 Å². The summed E-state index contributed by atoms with van der Waals surface area (Å²) in [7, 11) is -1.42. The zero-order valence-corrected chi connectivity index (χ0v) is 20.6. The number of aryl methyl sites for hydroxylation is 1. The van der Waals surface area contributed by atoms with Crippen LogP contribution in [0.5, 0.6) is 5.75 Å². The van der Waals surface area contributed by atoms with Crippen LogP contribution in [0.2, 0.25) is 0 Å². The van der Waals surface area contributed by atoms with Gasteiger partial charge in [-0.2, -0.15) is 0 Å². The first-order valence-corrected chi connectivity index (χ1v) is 13.8. The van der Waals surface area contributed by atoms with Gasteiger partial charge in [0.1, 0.15) is 5.75 Å². The predicted octanol–water partition coefficient (Wildman–Crippen LogP) is 3.70. The van der Waals surface area contributed by atoms with Gasteiger partial charge in [-0.25, -0.2) is 8.42 Å². The molecule has 174 valence electrons. The molecule has 2 aromatic carbocycles. The van der Waals surface area contributed by atoms with E-state index in [9.17, 15) is 8.42 Å². The lowest BCUT2D eigenvalue weighted by atomic mass is 10.2. The van der Waals surface area contributed by atoms with Crippen molar-refractivity contribution in [2.24, 2.45) is 0 Å². The molecule has 0 N–H and O–H groups in total. The summed E-state index contributed by atoms with van der Waals surface area (Å²) in [6, 6.07) is 12.9. The quantitative estimate of drug-likeness (QED) is 0.569. The third kappa shape index (κ3) is 5.60. The number of ether oxygens (including phenoxy) is 1. The van der Waals surface area contributed by atoms with Crippen LogP contribution in [0.25, 0.3) is 0 Å². The van der Waals surface area contributed by atoms with Gasteiger partial charge in [-0.15, -0.1) is 11.8 Å². The van der Waals surface area contributed by atoms with Crippen LogP contribution in [-0.2, 0) is 10.0 Å². The van der Waals surface area contributed by atoms with E-state index in [1.807, 2.05) is 37.3 Å². The summed E-state index contributed by atoms with van der Waals surface area (Å²) in [6.07, 6.45) is 2.17. The van der Waals surface area contributed by atoms with Gasteiger partial charge in [0, 0.05) is 42.9 Å². The van der Waals surface area contributed by atoms with E-state index in [1.54, 1.807) is 23.9 Å². The maximum atomic E-state index is 13.3. The van der Waals surface area contributed by atoms with Crippen LogP contribution in [0.4, 0.5) is 5.69 Å². The number of likely N-dealkylation sites (N-methyl/N-ethyl adjacent to an activating group) is 1. The fourth-order valence-corrected chi connectivity index (χ4v) is 6.78. The molecule has 0 aromatic heterocycles. The Morgan fingerprint density at radius 3 is 2.62 bits per heavy atom. The van der Waals surface area contributed by atoms with Gasteiger partial charge in [0.15, 0.2) is 0 Å². The third-order valence-electron chi connectivity index (χ3n) is 6.06. The van der Waals surface area contributed by atoms with Gasteiger partial charge >= 0.3 is 0 Å². The Bertz CT molecular complexity index is 1010. The lowest BCUT2D eigenvalue weighted by molar-refractivity contribution is 0.237. The van der Waals surface area contributed by atoms with E-state index in [-0.39, 0.29) is 0 Å². The monoisotopic (exact) mass is 475 g/mol. The molecule has 1 fully saturated rings. The number of nitrogens with zero attached hydrogens (tertiary/aromatic N) is 3. The number of hydrogen-bond acceptors (Lipinski definition) is 6. The molecule has 0 radical (unpaired) electrons. The van der Waals surface area contributed by atoms with Gasteiger partial charge in [-0.3, -0.25) is 4.31 Å².